The van der Waals surface area contributed by atoms with E-state index in [9.17, 15) is 17.2 Å². The summed E-state index contributed by atoms with van der Waals surface area (Å²) in [5.41, 5.74) is 0.649. The second-order valence-electron chi connectivity index (χ2n) is 8.12. The van der Waals surface area contributed by atoms with Crippen molar-refractivity contribution in [2.24, 2.45) is 0 Å². The Morgan fingerprint density at radius 1 is 1.12 bits per heavy atom. The first-order chi connectivity index (χ1) is 15.1. The summed E-state index contributed by atoms with van der Waals surface area (Å²) in [5.74, 6) is -0.865. The summed E-state index contributed by atoms with van der Waals surface area (Å²) in [5, 5.41) is 5.92. The van der Waals surface area contributed by atoms with Gasteiger partial charge in [0, 0.05) is 25.2 Å². The fraction of sp³-hybridized carbons (Fsp3) is 0.450. The highest BCUT2D eigenvalue weighted by Gasteiger charge is 2.29. The van der Waals surface area contributed by atoms with Gasteiger partial charge in [-0.15, -0.1) is 0 Å². The van der Waals surface area contributed by atoms with E-state index in [4.69, 9.17) is 0 Å². The maximum absolute atomic E-state index is 14.3. The Hall–Kier alpha value is -2.86. The lowest BCUT2D eigenvalue weighted by molar-refractivity contribution is 0.279. The molecule has 12 heteroatoms. The van der Waals surface area contributed by atoms with Gasteiger partial charge < -0.3 is 10.6 Å². The number of halogens is 2. The van der Waals surface area contributed by atoms with Gasteiger partial charge in [-0.2, -0.15) is 4.98 Å². The molecule has 0 radical (unpaired) electrons. The van der Waals surface area contributed by atoms with E-state index in [0.29, 0.717) is 43.0 Å². The van der Waals surface area contributed by atoms with E-state index in [1.54, 1.807) is 10.8 Å². The van der Waals surface area contributed by atoms with Gasteiger partial charge in [0.1, 0.15) is 22.8 Å². The summed E-state index contributed by atoms with van der Waals surface area (Å²) < 4.78 is 55.6. The van der Waals surface area contributed by atoms with Crippen LogP contribution in [-0.2, 0) is 10.0 Å². The first kappa shape index (κ1) is 22.3. The average molecular weight is 466 g/mol. The van der Waals surface area contributed by atoms with Gasteiger partial charge in [-0.25, -0.2) is 31.5 Å². The van der Waals surface area contributed by atoms with Crippen LogP contribution in [0, 0.1) is 11.6 Å². The largest absolute Gasteiger partial charge is 0.352 e. The molecule has 2 N–H and O–H groups in total. The van der Waals surface area contributed by atoms with Gasteiger partial charge in [0.25, 0.3) is 0 Å². The van der Waals surface area contributed by atoms with Gasteiger partial charge in [-0.3, -0.25) is 4.57 Å². The Kier molecular flexibility index (Phi) is 5.99. The number of hydrogen-bond donors (Lipinski definition) is 2. The highest BCUT2D eigenvalue weighted by Crippen LogP contribution is 2.33. The lowest BCUT2D eigenvalue weighted by Gasteiger charge is -2.31. The minimum absolute atomic E-state index is 0.104. The quantitative estimate of drug-likeness (QED) is 0.576. The Bertz CT molecular complexity index is 1220. The maximum Gasteiger partial charge on any atom is 0.224 e. The second-order valence-corrected chi connectivity index (χ2v) is 10.1. The van der Waals surface area contributed by atoms with Crippen molar-refractivity contribution in [3.8, 4) is 0 Å². The normalized spacial score (nSPS) is 16.1. The Morgan fingerprint density at radius 2 is 1.78 bits per heavy atom. The minimum Gasteiger partial charge on any atom is -0.352 e. The van der Waals surface area contributed by atoms with Crippen LogP contribution in [0.1, 0.15) is 32.7 Å². The molecule has 2 aromatic heterocycles. The number of nitrogens with zero attached hydrogens (tertiary/aromatic N) is 5. The molecule has 0 saturated carbocycles. The first-order valence-corrected chi connectivity index (χ1v) is 12.2. The molecule has 1 fully saturated rings. The number of benzene rings is 1. The fourth-order valence-electron chi connectivity index (χ4n) is 3.81. The molecule has 0 bridgehead atoms. The molecule has 1 aliphatic rings. The van der Waals surface area contributed by atoms with Crippen molar-refractivity contribution in [3.63, 3.8) is 0 Å². The van der Waals surface area contributed by atoms with Crippen molar-refractivity contribution in [1.29, 1.82) is 0 Å². The summed E-state index contributed by atoms with van der Waals surface area (Å²) in [4.78, 5) is 13.3. The monoisotopic (exact) mass is 465 g/mol. The van der Waals surface area contributed by atoms with Crippen molar-refractivity contribution in [2.45, 2.75) is 38.8 Å². The van der Waals surface area contributed by atoms with Crippen molar-refractivity contribution in [1.82, 2.24) is 23.8 Å². The number of imidazole rings is 1. The number of nitrogens with one attached hydrogen (secondary N) is 2. The number of piperidine rings is 1. The molecule has 1 saturated heterocycles. The first-order valence-electron chi connectivity index (χ1n) is 10.3. The molecule has 3 aromatic rings. The molecule has 0 amide bonds. The van der Waals surface area contributed by atoms with E-state index >= 15 is 0 Å². The smallest absolute Gasteiger partial charge is 0.224 e. The third-order valence-corrected chi connectivity index (χ3v) is 6.61. The molecule has 1 aromatic carbocycles. The topological polar surface area (TPSA) is 105 Å². The minimum atomic E-state index is -3.29. The summed E-state index contributed by atoms with van der Waals surface area (Å²) in [6.45, 7) is 4.58. The van der Waals surface area contributed by atoms with E-state index in [-0.39, 0.29) is 23.7 Å². The zero-order valence-electron chi connectivity index (χ0n) is 18.0. The molecule has 4 rings (SSSR count). The van der Waals surface area contributed by atoms with Gasteiger partial charge in [0.2, 0.25) is 21.9 Å². The zero-order valence-corrected chi connectivity index (χ0v) is 18.8. The van der Waals surface area contributed by atoms with Crippen LogP contribution in [0.4, 0.5) is 26.4 Å². The van der Waals surface area contributed by atoms with Crippen molar-refractivity contribution < 1.29 is 17.2 Å². The highest BCUT2D eigenvalue weighted by molar-refractivity contribution is 7.88. The Morgan fingerprint density at radius 3 is 2.38 bits per heavy atom. The molecule has 0 spiro atoms. The molecule has 0 aliphatic carbocycles. The molecule has 32 heavy (non-hydrogen) atoms. The van der Waals surface area contributed by atoms with Crippen LogP contribution in [0.3, 0.4) is 0 Å². The van der Waals surface area contributed by atoms with E-state index in [1.165, 1.54) is 16.6 Å². The van der Waals surface area contributed by atoms with Gasteiger partial charge in [-0.1, -0.05) is 6.07 Å². The molecule has 9 nitrogen and oxygen atoms in total. The lowest BCUT2D eigenvalue weighted by atomic mass is 10.1. The summed E-state index contributed by atoms with van der Waals surface area (Å²) in [7, 11) is -3.29. The van der Waals surface area contributed by atoms with Gasteiger partial charge in [0.05, 0.1) is 12.5 Å². The predicted octanol–water partition coefficient (Wildman–Crippen LogP) is 3.26. The van der Waals surface area contributed by atoms with Crippen LogP contribution in [0.15, 0.2) is 24.4 Å². The van der Waals surface area contributed by atoms with Gasteiger partial charge >= 0.3 is 0 Å². The van der Waals surface area contributed by atoms with Crippen molar-refractivity contribution in [2.75, 3.05) is 30.0 Å². The van der Waals surface area contributed by atoms with Crippen molar-refractivity contribution in [3.05, 3.63) is 36.0 Å². The summed E-state index contributed by atoms with van der Waals surface area (Å²) >= 11 is 0. The lowest BCUT2D eigenvalue weighted by Crippen LogP contribution is -2.38. The number of aromatic nitrogens is 4. The number of sulfonamides is 1. The number of anilines is 3. The zero-order chi connectivity index (χ0) is 23.0. The maximum atomic E-state index is 14.3. The number of hydrogen-bond acceptors (Lipinski definition) is 7. The molecular weight excluding hydrogens is 440 g/mol. The standard InChI is InChI=1S/C20H25F2N7O2S/c1-12(2)24-19-23-11-16-18(27-19)29(13-7-9-28(10-8-13)32(3,30)31)20(25-16)26-17-14(21)5-4-6-15(17)22/h4-6,11-13H,7-10H2,1-3H3,(H,25,26)(H,23,24,27). The molecule has 172 valence electrons. The SMILES string of the molecule is CC(C)Nc1ncc2nc(Nc3c(F)cccc3F)n(C3CCN(S(C)(=O)=O)CC3)c2n1. The fourth-order valence-corrected chi connectivity index (χ4v) is 4.69. The van der Waals surface area contributed by atoms with Crippen LogP contribution in [0.2, 0.25) is 0 Å². The van der Waals surface area contributed by atoms with E-state index in [1.807, 2.05) is 13.8 Å². The number of rotatable bonds is 6. The van der Waals surface area contributed by atoms with Crippen LogP contribution in [-0.4, -0.2) is 57.6 Å². The van der Waals surface area contributed by atoms with Crippen LogP contribution < -0.4 is 10.6 Å². The molecule has 0 atom stereocenters. The molecular formula is C20H25F2N7O2S. The number of fused-ring (bicyclic) bond motifs is 1. The van der Waals surface area contributed by atoms with Crippen molar-refractivity contribution >= 4 is 38.8 Å². The Balaban J connectivity index is 1.77. The summed E-state index contributed by atoms with van der Waals surface area (Å²) in [6.07, 6.45) is 3.75. The van der Waals surface area contributed by atoms with Gasteiger partial charge in [-0.05, 0) is 38.8 Å². The number of para-hydroxylation sites is 1. The van der Waals surface area contributed by atoms with Crippen LogP contribution >= 0.6 is 0 Å². The molecule has 0 unspecified atom stereocenters. The molecule has 1 aliphatic heterocycles. The van der Waals surface area contributed by atoms with E-state index < -0.39 is 21.7 Å². The highest BCUT2D eigenvalue weighted by atomic mass is 32.2. The average Bonchev–Trinajstić information content (AvgIpc) is 3.07. The van der Waals surface area contributed by atoms with E-state index in [2.05, 4.69) is 25.6 Å². The third kappa shape index (κ3) is 4.51. The van der Waals surface area contributed by atoms with E-state index in [0.717, 1.165) is 12.1 Å². The van der Waals surface area contributed by atoms with Crippen LogP contribution in [0.25, 0.3) is 11.2 Å². The Labute approximate surface area is 184 Å². The summed E-state index contributed by atoms with van der Waals surface area (Å²) in [6, 6.07) is 3.54. The third-order valence-electron chi connectivity index (χ3n) is 5.31. The van der Waals surface area contributed by atoms with Crippen LogP contribution in [0.5, 0.6) is 0 Å². The predicted molar refractivity (Wildman–Crippen MR) is 118 cm³/mol. The molecule has 3 heterocycles. The second kappa shape index (κ2) is 8.58. The van der Waals surface area contributed by atoms with Gasteiger partial charge in [0.15, 0.2) is 5.65 Å².